The fourth-order valence-corrected chi connectivity index (χ4v) is 4.19. The zero-order valence-corrected chi connectivity index (χ0v) is 18.7. The monoisotopic (exact) mass is 514 g/mol. The topological polar surface area (TPSA) is 38.7 Å². The minimum Gasteiger partial charge on any atom is -0.429 e. The lowest BCUT2D eigenvalue weighted by molar-refractivity contribution is -0.189. The summed E-state index contributed by atoms with van der Waals surface area (Å²) in [7, 11) is 0. The summed E-state index contributed by atoms with van der Waals surface area (Å²) in [4.78, 5) is 0. The van der Waals surface area contributed by atoms with Gasteiger partial charge in [-0.05, 0) is 66.6 Å². The van der Waals surface area contributed by atoms with Crippen molar-refractivity contribution in [3.63, 3.8) is 0 Å². The summed E-state index contributed by atoms with van der Waals surface area (Å²) in [5.41, 5.74) is -1.79. The molecule has 0 amide bonds. The number of rotatable bonds is 7. The van der Waals surface area contributed by atoms with Gasteiger partial charge in [-0.25, -0.2) is 22.0 Å². The predicted molar refractivity (Wildman–Crippen MR) is 116 cm³/mol. The highest BCUT2D eigenvalue weighted by atomic mass is 19.3. The molecule has 1 aliphatic rings. The van der Waals surface area contributed by atoms with Crippen LogP contribution in [0.5, 0.6) is 5.75 Å². The number of benzene rings is 3. The molecule has 3 nitrogen and oxygen atoms in total. The average Bonchev–Trinajstić information content (AvgIpc) is 2.81. The molecule has 0 saturated carbocycles. The van der Waals surface area contributed by atoms with E-state index in [4.69, 9.17) is 9.84 Å². The van der Waals surface area contributed by atoms with Crippen molar-refractivity contribution in [3.05, 3.63) is 88.7 Å². The van der Waals surface area contributed by atoms with Crippen LogP contribution in [-0.4, -0.2) is 18.3 Å². The molecule has 3 aromatic rings. The Hall–Kier alpha value is -3.11. The summed E-state index contributed by atoms with van der Waals surface area (Å²) in [5.74, 6) is -7.70. The van der Waals surface area contributed by atoms with Crippen molar-refractivity contribution in [1.29, 1.82) is 0 Å². The van der Waals surface area contributed by atoms with Crippen LogP contribution in [0.3, 0.4) is 0 Å². The van der Waals surface area contributed by atoms with E-state index in [2.05, 4.69) is 4.74 Å². The van der Waals surface area contributed by atoms with Gasteiger partial charge in [0.25, 0.3) is 0 Å². The summed E-state index contributed by atoms with van der Waals surface area (Å²) in [6, 6.07) is 6.55. The van der Waals surface area contributed by atoms with Crippen LogP contribution in [0.2, 0.25) is 0 Å². The molecule has 0 bridgehead atoms. The van der Waals surface area contributed by atoms with Gasteiger partial charge in [0, 0.05) is 18.2 Å². The molecule has 0 spiro atoms. The average molecular weight is 514 g/mol. The lowest BCUT2D eigenvalue weighted by Gasteiger charge is -2.29. The molecule has 2 atom stereocenters. The lowest BCUT2D eigenvalue weighted by atomic mass is 9.92. The first kappa shape index (κ1) is 26.0. The maximum absolute atomic E-state index is 14.9. The van der Waals surface area contributed by atoms with Crippen molar-refractivity contribution in [2.24, 2.45) is 5.92 Å². The summed E-state index contributed by atoms with van der Waals surface area (Å²) < 4.78 is 109. The third-order valence-electron chi connectivity index (χ3n) is 6.05. The number of hydrogen-bond acceptors (Lipinski definition) is 3. The quantitative estimate of drug-likeness (QED) is 0.344. The van der Waals surface area contributed by atoms with E-state index < -0.39 is 46.5 Å². The molecule has 1 N–H and O–H groups in total. The third-order valence-corrected chi connectivity index (χ3v) is 6.05. The van der Waals surface area contributed by atoms with Crippen LogP contribution >= 0.6 is 0 Å². The summed E-state index contributed by atoms with van der Waals surface area (Å²) >= 11 is 0. The Bertz CT molecular complexity index is 1220. The number of halogens is 7. The van der Waals surface area contributed by atoms with Crippen molar-refractivity contribution in [1.82, 2.24) is 0 Å². The molecule has 192 valence electrons. The largest absolute Gasteiger partial charge is 0.432 e. The van der Waals surface area contributed by atoms with Crippen molar-refractivity contribution in [3.8, 4) is 16.9 Å². The molecule has 10 heteroatoms. The standard InChI is InChI=1S/C26H21F7O3/c27-19-5-3-17(12-21(19)29)36-26(32,33)25-22(30)10-16(11-23(25)31)18-4-2-15(9-20(18)28)24-6-1-14(7-8-34)13-35-24/h2-5,9-12,14,24,34H,1,6-8,13H2. The first-order valence-corrected chi connectivity index (χ1v) is 11.1. The highest BCUT2D eigenvalue weighted by molar-refractivity contribution is 5.65. The highest BCUT2D eigenvalue weighted by Gasteiger charge is 2.41. The Morgan fingerprint density at radius 3 is 2.14 bits per heavy atom. The first-order chi connectivity index (χ1) is 17.1. The van der Waals surface area contributed by atoms with E-state index in [9.17, 15) is 30.7 Å². The normalized spacial score (nSPS) is 18.3. The molecule has 1 heterocycles. The molecule has 36 heavy (non-hydrogen) atoms. The highest BCUT2D eigenvalue weighted by Crippen LogP contribution is 2.39. The van der Waals surface area contributed by atoms with Gasteiger partial charge in [0.15, 0.2) is 11.6 Å². The van der Waals surface area contributed by atoms with Crippen LogP contribution in [0, 0.1) is 35.0 Å². The van der Waals surface area contributed by atoms with E-state index in [1.54, 1.807) is 0 Å². The van der Waals surface area contributed by atoms with Crippen molar-refractivity contribution in [2.45, 2.75) is 31.5 Å². The third kappa shape index (κ3) is 5.49. The second kappa shape index (κ2) is 10.5. The van der Waals surface area contributed by atoms with E-state index in [1.807, 2.05) is 0 Å². The Morgan fingerprint density at radius 2 is 1.56 bits per heavy atom. The van der Waals surface area contributed by atoms with Gasteiger partial charge >= 0.3 is 6.11 Å². The Balaban J connectivity index is 1.56. The van der Waals surface area contributed by atoms with Crippen LogP contribution in [-0.2, 0) is 10.8 Å². The van der Waals surface area contributed by atoms with E-state index in [0.717, 1.165) is 12.5 Å². The van der Waals surface area contributed by atoms with E-state index >= 15 is 0 Å². The van der Waals surface area contributed by atoms with Gasteiger partial charge in [0.2, 0.25) is 0 Å². The van der Waals surface area contributed by atoms with Gasteiger partial charge in [0.05, 0.1) is 12.7 Å². The summed E-state index contributed by atoms with van der Waals surface area (Å²) in [6.07, 6.45) is -2.96. The summed E-state index contributed by atoms with van der Waals surface area (Å²) in [6.45, 7) is 0.462. The van der Waals surface area contributed by atoms with Crippen LogP contribution in [0.15, 0.2) is 48.5 Å². The molecule has 0 aliphatic carbocycles. The van der Waals surface area contributed by atoms with Gasteiger partial charge in [-0.15, -0.1) is 0 Å². The molecule has 4 rings (SSSR count). The van der Waals surface area contributed by atoms with E-state index in [1.165, 1.54) is 12.1 Å². The van der Waals surface area contributed by atoms with E-state index in [0.29, 0.717) is 55.3 Å². The van der Waals surface area contributed by atoms with Gasteiger partial charge in [0.1, 0.15) is 28.8 Å². The second-order valence-electron chi connectivity index (χ2n) is 8.53. The predicted octanol–water partition coefficient (Wildman–Crippen LogP) is 7.03. The molecule has 0 radical (unpaired) electrons. The van der Waals surface area contributed by atoms with Gasteiger partial charge in [-0.2, -0.15) is 8.78 Å². The number of hydrogen-bond donors (Lipinski definition) is 1. The van der Waals surface area contributed by atoms with Gasteiger partial charge < -0.3 is 14.6 Å². The van der Waals surface area contributed by atoms with Gasteiger partial charge in [-0.1, -0.05) is 12.1 Å². The summed E-state index contributed by atoms with van der Waals surface area (Å²) in [5, 5.41) is 9.03. The van der Waals surface area contributed by atoms with Gasteiger partial charge in [-0.3, -0.25) is 0 Å². The lowest BCUT2D eigenvalue weighted by Crippen LogP contribution is -2.25. The molecule has 2 unspecified atom stereocenters. The Morgan fingerprint density at radius 1 is 0.833 bits per heavy atom. The molecule has 1 fully saturated rings. The SMILES string of the molecule is OCCC1CCC(c2ccc(-c3cc(F)c(C(F)(F)Oc4ccc(F)c(F)c4)c(F)c3)c(F)c2)OC1. The number of ether oxygens (including phenoxy) is 2. The minimum atomic E-state index is -4.58. The number of aliphatic hydroxyl groups is 1. The zero-order valence-electron chi connectivity index (χ0n) is 18.7. The first-order valence-electron chi connectivity index (χ1n) is 11.1. The maximum Gasteiger partial charge on any atom is 0.432 e. The molecule has 1 aliphatic heterocycles. The second-order valence-corrected chi connectivity index (χ2v) is 8.53. The molecule has 0 aromatic heterocycles. The Kier molecular flexibility index (Phi) is 7.56. The Labute approximate surface area is 202 Å². The van der Waals surface area contributed by atoms with Crippen molar-refractivity contribution >= 4 is 0 Å². The zero-order chi connectivity index (χ0) is 26.0. The van der Waals surface area contributed by atoms with E-state index in [-0.39, 0.29) is 29.8 Å². The molecule has 3 aromatic carbocycles. The molecular weight excluding hydrogens is 493 g/mol. The molecule has 1 saturated heterocycles. The number of aliphatic hydroxyl groups excluding tert-OH is 1. The fraction of sp³-hybridized carbons (Fsp3) is 0.308. The fourth-order valence-electron chi connectivity index (χ4n) is 4.19. The van der Waals surface area contributed by atoms with Crippen molar-refractivity contribution < 1.29 is 45.3 Å². The minimum absolute atomic E-state index is 0.0524. The van der Waals surface area contributed by atoms with Crippen molar-refractivity contribution in [2.75, 3.05) is 13.2 Å². The maximum atomic E-state index is 14.9. The number of alkyl halides is 2. The van der Waals surface area contributed by atoms with Crippen LogP contribution in [0.25, 0.3) is 11.1 Å². The molecular formula is C26H21F7O3. The van der Waals surface area contributed by atoms with Crippen LogP contribution in [0.1, 0.15) is 36.5 Å². The van der Waals surface area contributed by atoms with Crippen LogP contribution < -0.4 is 4.74 Å². The smallest absolute Gasteiger partial charge is 0.429 e. The van der Waals surface area contributed by atoms with Crippen LogP contribution in [0.4, 0.5) is 30.7 Å².